The van der Waals surface area contributed by atoms with Gasteiger partial charge >= 0.3 is 0 Å². The minimum atomic E-state index is 0.504. The highest BCUT2D eigenvalue weighted by molar-refractivity contribution is 6.31. The maximum atomic E-state index is 6.28. The molecule has 6 nitrogen and oxygen atoms in total. The summed E-state index contributed by atoms with van der Waals surface area (Å²) >= 11 is 6.28. The monoisotopic (exact) mass is 336 g/mol. The lowest BCUT2D eigenvalue weighted by atomic mass is 9.99. The van der Waals surface area contributed by atoms with Gasteiger partial charge in [0.15, 0.2) is 5.82 Å². The Hall–Kier alpha value is -2.86. The average molecular weight is 337 g/mol. The number of pyridine rings is 1. The fraction of sp³-hybridized carbons (Fsp3) is 0.118. The number of tetrazole rings is 1. The number of nitrogens with zero attached hydrogens (tertiary/aromatic N) is 6. The lowest BCUT2D eigenvalue weighted by Gasteiger charge is -2.10. The quantitative estimate of drug-likeness (QED) is 0.733. The van der Waals surface area contributed by atoms with Crippen LogP contribution in [0, 0.1) is 0 Å². The molecule has 0 fully saturated rings. The molecule has 1 aliphatic heterocycles. The van der Waals surface area contributed by atoms with Crippen LogP contribution in [0.1, 0.15) is 18.4 Å². The molecule has 0 saturated heterocycles. The molecule has 24 heavy (non-hydrogen) atoms. The Labute approximate surface area is 143 Å². The Kier molecular flexibility index (Phi) is 3.88. The Bertz CT molecular complexity index is 929. The second-order valence-corrected chi connectivity index (χ2v) is 5.78. The average Bonchev–Trinajstić information content (AvgIpc) is 3.13. The van der Waals surface area contributed by atoms with Crippen molar-refractivity contribution in [2.24, 2.45) is 4.99 Å². The van der Waals surface area contributed by atoms with E-state index < -0.39 is 0 Å². The molecule has 0 atom stereocenters. The van der Waals surface area contributed by atoms with Gasteiger partial charge in [0, 0.05) is 29.2 Å². The smallest absolute Gasteiger partial charge is 0.205 e. The normalized spacial score (nSPS) is 13.8. The van der Waals surface area contributed by atoms with Gasteiger partial charge in [0.2, 0.25) is 5.82 Å². The van der Waals surface area contributed by atoms with Crippen molar-refractivity contribution in [3.63, 3.8) is 0 Å². The van der Waals surface area contributed by atoms with E-state index in [2.05, 4.69) is 25.4 Å². The van der Waals surface area contributed by atoms with Crippen LogP contribution >= 0.6 is 11.6 Å². The Balaban J connectivity index is 1.72. The maximum absolute atomic E-state index is 6.28. The van der Waals surface area contributed by atoms with Gasteiger partial charge in [-0.15, -0.1) is 15.0 Å². The van der Waals surface area contributed by atoms with Gasteiger partial charge in [0.05, 0.1) is 0 Å². The molecule has 0 saturated carbocycles. The van der Waals surface area contributed by atoms with Crippen molar-refractivity contribution in [3.05, 3.63) is 59.4 Å². The van der Waals surface area contributed by atoms with E-state index in [-0.39, 0.29) is 0 Å². The highest BCUT2D eigenvalue weighted by Gasteiger charge is 2.12. The van der Waals surface area contributed by atoms with Gasteiger partial charge in [-0.25, -0.2) is 4.98 Å². The molecule has 0 N–H and O–H groups in total. The molecule has 118 valence electrons. The minimum Gasteiger partial charge on any atom is -0.269 e. The van der Waals surface area contributed by atoms with Crippen LogP contribution < -0.4 is 0 Å². The molecule has 1 aliphatic rings. The van der Waals surface area contributed by atoms with Gasteiger partial charge in [-0.1, -0.05) is 17.7 Å². The third-order valence-corrected chi connectivity index (χ3v) is 3.89. The number of aliphatic imine (C=N–C) groups is 1. The van der Waals surface area contributed by atoms with Gasteiger partial charge in [-0.05, 0) is 59.5 Å². The van der Waals surface area contributed by atoms with Gasteiger partial charge in [0.1, 0.15) is 0 Å². The first kappa shape index (κ1) is 14.7. The fourth-order valence-corrected chi connectivity index (χ4v) is 2.76. The molecule has 0 unspecified atom stereocenters. The standard InChI is InChI=1S/C17H13ClN6/c18-15-9-13(12-4-3-6-19-11-12)8-14(10-15)17-21-23-24(22-17)16-5-1-2-7-20-16/h1-2,5-11H,3-4H2. The summed E-state index contributed by atoms with van der Waals surface area (Å²) in [4.78, 5) is 9.84. The van der Waals surface area contributed by atoms with Crippen LogP contribution in [-0.4, -0.2) is 31.4 Å². The molecule has 2 aromatic heterocycles. The van der Waals surface area contributed by atoms with Crippen molar-refractivity contribution in [2.75, 3.05) is 0 Å². The van der Waals surface area contributed by atoms with E-state index in [1.807, 2.05) is 48.8 Å². The highest BCUT2D eigenvalue weighted by atomic mass is 35.5. The Morgan fingerprint density at radius 2 is 2.00 bits per heavy atom. The van der Waals surface area contributed by atoms with Crippen LogP contribution in [0.3, 0.4) is 0 Å². The first-order chi connectivity index (χ1) is 11.8. The number of aromatic nitrogens is 5. The second kappa shape index (κ2) is 6.33. The van der Waals surface area contributed by atoms with E-state index in [9.17, 15) is 0 Å². The summed E-state index contributed by atoms with van der Waals surface area (Å²) < 4.78 is 0. The Morgan fingerprint density at radius 3 is 2.79 bits per heavy atom. The predicted octanol–water partition coefficient (Wildman–Crippen LogP) is 3.58. The fourth-order valence-electron chi connectivity index (χ4n) is 2.52. The minimum absolute atomic E-state index is 0.504. The molecule has 0 aliphatic carbocycles. The molecule has 1 aromatic carbocycles. The van der Waals surface area contributed by atoms with Crippen LogP contribution in [0.15, 0.2) is 53.8 Å². The molecular formula is C17H13ClN6. The number of hydrogen-bond acceptors (Lipinski definition) is 5. The van der Waals surface area contributed by atoms with Crippen molar-refractivity contribution in [3.8, 4) is 17.2 Å². The number of allylic oxidation sites excluding steroid dienone is 1. The van der Waals surface area contributed by atoms with Crippen LogP contribution in [0.5, 0.6) is 0 Å². The lowest BCUT2D eigenvalue weighted by Crippen LogP contribution is -2.01. The third kappa shape index (κ3) is 2.96. The zero-order valence-electron chi connectivity index (χ0n) is 12.7. The summed E-state index contributed by atoms with van der Waals surface area (Å²) in [6.45, 7) is 0. The molecule has 0 amide bonds. The molecule has 4 rings (SSSR count). The summed E-state index contributed by atoms with van der Waals surface area (Å²) in [6.07, 6.45) is 7.34. The van der Waals surface area contributed by atoms with Gasteiger partial charge in [-0.3, -0.25) is 4.99 Å². The summed E-state index contributed by atoms with van der Waals surface area (Å²) in [6, 6.07) is 11.3. The van der Waals surface area contributed by atoms with Crippen LogP contribution in [0.25, 0.3) is 22.8 Å². The van der Waals surface area contributed by atoms with Crippen molar-refractivity contribution in [2.45, 2.75) is 12.8 Å². The molecule has 7 heteroatoms. The van der Waals surface area contributed by atoms with Gasteiger partial charge in [0.25, 0.3) is 0 Å². The van der Waals surface area contributed by atoms with Crippen LogP contribution in [0.4, 0.5) is 0 Å². The number of benzene rings is 1. The highest BCUT2D eigenvalue weighted by Crippen LogP contribution is 2.29. The van der Waals surface area contributed by atoms with E-state index >= 15 is 0 Å². The second-order valence-electron chi connectivity index (χ2n) is 5.34. The van der Waals surface area contributed by atoms with Crippen molar-refractivity contribution < 1.29 is 0 Å². The maximum Gasteiger partial charge on any atom is 0.205 e. The van der Waals surface area contributed by atoms with Crippen LogP contribution in [-0.2, 0) is 0 Å². The van der Waals surface area contributed by atoms with Gasteiger partial charge < -0.3 is 0 Å². The van der Waals surface area contributed by atoms with E-state index in [4.69, 9.17) is 11.6 Å². The Morgan fingerprint density at radius 1 is 1.08 bits per heavy atom. The molecule has 3 aromatic rings. The van der Waals surface area contributed by atoms with E-state index in [1.54, 1.807) is 6.20 Å². The molecule has 0 bridgehead atoms. The molecule has 0 spiro atoms. The van der Waals surface area contributed by atoms with Crippen LogP contribution in [0.2, 0.25) is 5.02 Å². The summed E-state index contributed by atoms with van der Waals surface area (Å²) in [7, 11) is 0. The van der Waals surface area contributed by atoms with E-state index in [0.29, 0.717) is 16.7 Å². The molecule has 3 heterocycles. The number of hydrogen-bond donors (Lipinski definition) is 0. The lowest BCUT2D eigenvalue weighted by molar-refractivity contribution is 0.701. The molecular weight excluding hydrogens is 324 g/mol. The first-order valence-corrected chi connectivity index (χ1v) is 7.91. The number of rotatable bonds is 3. The summed E-state index contributed by atoms with van der Waals surface area (Å²) in [5, 5.41) is 13.2. The molecule has 0 radical (unpaired) electrons. The summed E-state index contributed by atoms with van der Waals surface area (Å²) in [5.74, 6) is 1.12. The van der Waals surface area contributed by atoms with Crippen molar-refractivity contribution >= 4 is 23.4 Å². The SMILES string of the molecule is Clc1cc(C2=CN=CCC2)cc(-c2nnn(-c3ccccn3)n2)c1. The van der Waals surface area contributed by atoms with E-state index in [0.717, 1.165) is 29.5 Å². The predicted molar refractivity (Wildman–Crippen MR) is 93.1 cm³/mol. The van der Waals surface area contributed by atoms with E-state index in [1.165, 1.54) is 4.80 Å². The van der Waals surface area contributed by atoms with Gasteiger partial charge in [-0.2, -0.15) is 0 Å². The number of halogens is 1. The van der Waals surface area contributed by atoms with Crippen molar-refractivity contribution in [1.82, 2.24) is 25.2 Å². The zero-order valence-corrected chi connectivity index (χ0v) is 13.4. The summed E-state index contributed by atoms with van der Waals surface area (Å²) in [5.41, 5.74) is 3.00. The van der Waals surface area contributed by atoms with Crippen molar-refractivity contribution in [1.29, 1.82) is 0 Å². The topological polar surface area (TPSA) is 68.8 Å². The first-order valence-electron chi connectivity index (χ1n) is 7.53. The largest absolute Gasteiger partial charge is 0.269 e. The zero-order chi connectivity index (χ0) is 16.4. The third-order valence-electron chi connectivity index (χ3n) is 3.67.